The van der Waals surface area contributed by atoms with Crippen LogP contribution < -0.4 is 30.9 Å². The number of ether oxygens (including phenoxy) is 1. The predicted octanol–water partition coefficient (Wildman–Crippen LogP) is 5.21. The molecule has 0 saturated carbocycles. The third kappa shape index (κ3) is 10.2. The number of hydrogen-bond donors (Lipinski definition) is 5. The number of nitrogens with zero attached hydrogens (tertiary/aromatic N) is 4. The topological polar surface area (TPSA) is 206 Å². The van der Waals surface area contributed by atoms with Crippen molar-refractivity contribution < 1.29 is 38.3 Å². The van der Waals surface area contributed by atoms with Gasteiger partial charge in [-0.25, -0.2) is 4.79 Å². The van der Waals surface area contributed by atoms with Crippen molar-refractivity contribution in [3.05, 3.63) is 108 Å². The lowest BCUT2D eigenvalue weighted by atomic mass is 9.91. The number of imide groups is 1. The molecule has 0 radical (unpaired) electrons. The molecule has 0 unspecified atom stereocenters. The van der Waals surface area contributed by atoms with Gasteiger partial charge in [0.1, 0.15) is 11.4 Å². The van der Waals surface area contributed by atoms with Crippen molar-refractivity contribution in [2.24, 2.45) is 0 Å². The fraction of sp³-hybridized carbons (Fsp3) is 0.327. The van der Waals surface area contributed by atoms with Crippen molar-refractivity contribution in [3.63, 3.8) is 0 Å². The Morgan fingerprint density at radius 2 is 1.50 bits per heavy atom. The molecule has 0 bridgehead atoms. The van der Waals surface area contributed by atoms with E-state index in [9.17, 15) is 33.6 Å². The summed E-state index contributed by atoms with van der Waals surface area (Å²) >= 11 is 0. The van der Waals surface area contributed by atoms with E-state index in [0.29, 0.717) is 54.4 Å². The van der Waals surface area contributed by atoms with Crippen molar-refractivity contribution in [1.29, 1.82) is 0 Å². The van der Waals surface area contributed by atoms with Crippen molar-refractivity contribution in [2.75, 3.05) is 81.5 Å². The average Bonchev–Trinajstić information content (AvgIpc) is 4.01. The molecule has 5 N–H and O–H groups in total. The molecular formula is C49H53N9O8. The number of aromatic amines is 1. The van der Waals surface area contributed by atoms with Crippen LogP contribution in [0.3, 0.4) is 0 Å². The van der Waals surface area contributed by atoms with Crippen molar-refractivity contribution >= 4 is 80.3 Å². The molecule has 1 atom stereocenters. The second-order valence-electron chi connectivity index (χ2n) is 16.7. The van der Waals surface area contributed by atoms with Crippen LogP contribution in [0.1, 0.15) is 64.9 Å². The number of rotatable bonds is 16. The zero-order valence-electron chi connectivity index (χ0n) is 37.0. The van der Waals surface area contributed by atoms with Crippen molar-refractivity contribution in [2.45, 2.75) is 38.5 Å². The molecule has 4 heterocycles. The van der Waals surface area contributed by atoms with Gasteiger partial charge >= 0.3 is 6.09 Å². The first kappa shape index (κ1) is 45.1. The summed E-state index contributed by atoms with van der Waals surface area (Å²) < 4.78 is 6.10. The number of piperazine rings is 1. The fourth-order valence-corrected chi connectivity index (χ4v) is 8.62. The SMILES string of the molecule is CCC[C@@H]1CN(C(=O)c2cc3cc(NC(=O)c4ccc(NCC(=O)NCCNC(=O)CCCN5C(=O)C=CC5=O)cc4)ccc3[nH]2)c2cc(OC(=O)N3CCN(C)CC3)c3ccccc3c21. The van der Waals surface area contributed by atoms with E-state index >= 15 is 0 Å². The first-order chi connectivity index (χ1) is 31.9. The van der Waals surface area contributed by atoms with Crippen LogP contribution in [0.15, 0.2) is 91.0 Å². The predicted molar refractivity (Wildman–Crippen MR) is 251 cm³/mol. The Bertz CT molecular complexity index is 2700. The van der Waals surface area contributed by atoms with Crippen LogP contribution in [-0.2, 0) is 19.2 Å². The summed E-state index contributed by atoms with van der Waals surface area (Å²) in [6.07, 6.45) is 4.30. The smallest absolute Gasteiger partial charge is 0.409 e. The van der Waals surface area contributed by atoms with Crippen molar-refractivity contribution in [3.8, 4) is 5.75 Å². The van der Waals surface area contributed by atoms with E-state index in [1.807, 2.05) is 49.5 Å². The summed E-state index contributed by atoms with van der Waals surface area (Å²) in [5, 5.41) is 13.9. The van der Waals surface area contributed by atoms with Gasteiger partial charge in [-0.05, 0) is 79.4 Å². The van der Waals surface area contributed by atoms with E-state index in [1.54, 1.807) is 46.2 Å². The minimum absolute atomic E-state index is 0.0271. The lowest BCUT2D eigenvalue weighted by molar-refractivity contribution is -0.137. The van der Waals surface area contributed by atoms with Gasteiger partial charge in [0.2, 0.25) is 11.8 Å². The van der Waals surface area contributed by atoms with Gasteiger partial charge in [0.05, 0.1) is 12.2 Å². The molecular weight excluding hydrogens is 843 g/mol. The molecule has 0 aliphatic carbocycles. The molecule has 17 heteroatoms. The third-order valence-corrected chi connectivity index (χ3v) is 12.1. The van der Waals surface area contributed by atoms with Crippen molar-refractivity contribution in [1.82, 2.24) is 30.3 Å². The summed E-state index contributed by atoms with van der Waals surface area (Å²) in [6, 6.07) is 23.6. The number of carbonyl (C=O) groups excluding carboxylic acids is 7. The number of nitrogens with one attached hydrogen (secondary N) is 5. The summed E-state index contributed by atoms with van der Waals surface area (Å²) in [5.74, 6) is -1.33. The molecule has 1 aromatic heterocycles. The number of amides is 7. The average molecular weight is 896 g/mol. The summed E-state index contributed by atoms with van der Waals surface area (Å²) in [4.78, 5) is 98.8. The van der Waals surface area contributed by atoms with Gasteiger partial charge in [-0.1, -0.05) is 37.6 Å². The first-order valence-corrected chi connectivity index (χ1v) is 22.3. The Labute approximate surface area is 381 Å². The quantitative estimate of drug-likeness (QED) is 0.0646. The Kier molecular flexibility index (Phi) is 13.7. The van der Waals surface area contributed by atoms with Crippen LogP contribution in [0.2, 0.25) is 0 Å². The highest BCUT2D eigenvalue weighted by Gasteiger charge is 2.36. The van der Waals surface area contributed by atoms with E-state index < -0.39 is 6.09 Å². The van der Waals surface area contributed by atoms with Crippen LogP contribution in [0, 0.1) is 0 Å². The molecule has 1 saturated heterocycles. The van der Waals surface area contributed by atoms with E-state index in [0.717, 1.165) is 63.8 Å². The van der Waals surface area contributed by atoms with E-state index in [4.69, 9.17) is 4.74 Å². The molecule has 8 rings (SSSR count). The zero-order chi connectivity index (χ0) is 46.3. The van der Waals surface area contributed by atoms with E-state index in [-0.39, 0.29) is 74.0 Å². The van der Waals surface area contributed by atoms with Crippen LogP contribution in [-0.4, -0.2) is 127 Å². The lowest BCUT2D eigenvalue weighted by Gasteiger charge is -2.31. The van der Waals surface area contributed by atoms with Gasteiger partial charge in [0.25, 0.3) is 23.6 Å². The number of H-pyrrole nitrogens is 1. The normalized spacial score (nSPS) is 15.9. The molecule has 66 heavy (non-hydrogen) atoms. The highest BCUT2D eigenvalue weighted by Crippen LogP contribution is 2.47. The van der Waals surface area contributed by atoms with Crippen LogP contribution in [0.25, 0.3) is 21.7 Å². The van der Waals surface area contributed by atoms with E-state index in [2.05, 4.69) is 38.1 Å². The van der Waals surface area contributed by atoms with Crippen LogP contribution in [0.5, 0.6) is 5.75 Å². The monoisotopic (exact) mass is 895 g/mol. The van der Waals surface area contributed by atoms with Gasteiger partial charge in [0.15, 0.2) is 0 Å². The molecule has 17 nitrogen and oxygen atoms in total. The number of likely N-dealkylation sites (N-methyl/N-ethyl adjacent to an activating group) is 1. The first-order valence-electron chi connectivity index (χ1n) is 22.3. The summed E-state index contributed by atoms with van der Waals surface area (Å²) in [5.41, 5.74) is 4.50. The number of benzene rings is 4. The van der Waals surface area contributed by atoms with Gasteiger partial charge in [-0.2, -0.15) is 0 Å². The molecule has 4 aromatic carbocycles. The lowest BCUT2D eigenvalue weighted by Crippen LogP contribution is -2.48. The maximum absolute atomic E-state index is 14.4. The Morgan fingerprint density at radius 1 is 0.803 bits per heavy atom. The minimum Gasteiger partial charge on any atom is -0.409 e. The summed E-state index contributed by atoms with van der Waals surface area (Å²) in [7, 11) is 2.03. The number of fused-ring (bicyclic) bond motifs is 4. The molecule has 7 amide bonds. The largest absolute Gasteiger partial charge is 0.415 e. The summed E-state index contributed by atoms with van der Waals surface area (Å²) in [6.45, 7) is 5.89. The molecule has 0 spiro atoms. The highest BCUT2D eigenvalue weighted by molar-refractivity contribution is 6.13. The third-order valence-electron chi connectivity index (χ3n) is 12.1. The molecule has 1 fully saturated rings. The maximum Gasteiger partial charge on any atom is 0.415 e. The van der Waals surface area contributed by atoms with Gasteiger partial charge in [-0.15, -0.1) is 0 Å². The Morgan fingerprint density at radius 3 is 2.23 bits per heavy atom. The maximum atomic E-state index is 14.4. The van der Waals surface area contributed by atoms with Gasteiger partial charge in [0, 0.05) is 116 Å². The zero-order valence-corrected chi connectivity index (χ0v) is 37.0. The van der Waals surface area contributed by atoms with Gasteiger partial charge < -0.3 is 45.7 Å². The second kappa shape index (κ2) is 20.1. The Balaban J connectivity index is 0.848. The Hall–Kier alpha value is -7.53. The molecule has 342 valence electrons. The van der Waals surface area contributed by atoms with Crippen LogP contribution >= 0.6 is 0 Å². The molecule has 5 aromatic rings. The highest BCUT2D eigenvalue weighted by atomic mass is 16.6. The second-order valence-corrected chi connectivity index (χ2v) is 16.7. The number of carbonyl (C=O) groups is 7. The van der Waals surface area contributed by atoms with Crippen LogP contribution in [0.4, 0.5) is 21.9 Å². The van der Waals surface area contributed by atoms with Gasteiger partial charge in [-0.3, -0.25) is 33.7 Å². The standard InChI is InChI=1S/C49H53N9O8/c1-3-7-32-30-58(40-28-41(36-8-4-5-9-37(36)46(32)40)66-49(65)56-24-22-55(2)23-25-56)48(64)39-27-33-26-35(15-16-38(33)54-39)53-47(63)31-11-13-34(14-12-31)52-29-43(60)51-20-19-50-42(59)10-6-21-57-44(61)17-18-45(57)62/h4-5,8-9,11-18,26-28,32,52,54H,3,6-7,10,19-25,29-30H2,1-2H3,(H,50,59)(H,51,60)(H,53,63)/t32-/m1/s1. The molecule has 3 aliphatic rings. The minimum atomic E-state index is -0.403. The number of aromatic nitrogens is 1. The number of hydrogen-bond acceptors (Lipinski definition) is 10. The number of anilines is 3. The fourth-order valence-electron chi connectivity index (χ4n) is 8.62. The van der Waals surface area contributed by atoms with E-state index in [1.165, 1.54) is 12.2 Å². The molecule has 3 aliphatic heterocycles.